The molecule has 0 bridgehead atoms. The summed E-state index contributed by atoms with van der Waals surface area (Å²) in [5, 5.41) is 3.45. The third-order valence-corrected chi connectivity index (χ3v) is 3.62. The van der Waals surface area contributed by atoms with Crippen LogP contribution in [0.2, 0.25) is 0 Å². The third-order valence-electron chi connectivity index (χ3n) is 3.62. The standard InChI is InChI=1S/C14H14F2N2O/c1-7(19)17-9-2-3-13-10(6-9)11-4-8(15)5-12(16)14(11)18-13/h4-5,9,18H,2-3,6H2,1H3,(H,17,19). The number of carbonyl (C=O) groups excluding carboxylic acids is 1. The lowest BCUT2D eigenvalue weighted by Gasteiger charge is -2.22. The highest BCUT2D eigenvalue weighted by Crippen LogP contribution is 2.31. The molecule has 3 rings (SSSR count). The van der Waals surface area contributed by atoms with E-state index >= 15 is 0 Å². The first-order valence-corrected chi connectivity index (χ1v) is 6.30. The van der Waals surface area contributed by atoms with E-state index in [4.69, 9.17) is 0 Å². The largest absolute Gasteiger partial charge is 0.356 e. The number of benzene rings is 1. The Hall–Kier alpha value is -1.91. The predicted molar refractivity (Wildman–Crippen MR) is 67.8 cm³/mol. The van der Waals surface area contributed by atoms with Crippen LogP contribution in [-0.2, 0) is 17.6 Å². The van der Waals surface area contributed by atoms with Gasteiger partial charge in [0.05, 0.1) is 5.52 Å². The van der Waals surface area contributed by atoms with Crippen LogP contribution in [0.25, 0.3) is 10.9 Å². The van der Waals surface area contributed by atoms with Crippen molar-refractivity contribution in [1.29, 1.82) is 0 Å². The first-order valence-electron chi connectivity index (χ1n) is 6.30. The van der Waals surface area contributed by atoms with Crippen LogP contribution in [-0.4, -0.2) is 16.9 Å². The quantitative estimate of drug-likeness (QED) is 0.816. The lowest BCUT2D eigenvalue weighted by Crippen LogP contribution is -2.37. The van der Waals surface area contributed by atoms with Crippen molar-refractivity contribution in [2.24, 2.45) is 0 Å². The fourth-order valence-electron chi connectivity index (χ4n) is 2.85. The number of H-pyrrole nitrogens is 1. The van der Waals surface area contributed by atoms with Crippen LogP contribution in [0.5, 0.6) is 0 Å². The molecule has 1 aromatic carbocycles. The Morgan fingerprint density at radius 3 is 2.95 bits per heavy atom. The van der Waals surface area contributed by atoms with E-state index < -0.39 is 11.6 Å². The number of amides is 1. The van der Waals surface area contributed by atoms with Gasteiger partial charge in [0.2, 0.25) is 5.91 Å². The zero-order chi connectivity index (χ0) is 13.6. The maximum Gasteiger partial charge on any atom is 0.217 e. The molecule has 2 aromatic rings. The van der Waals surface area contributed by atoms with Crippen molar-refractivity contribution in [2.45, 2.75) is 32.2 Å². The number of fused-ring (bicyclic) bond motifs is 3. The van der Waals surface area contributed by atoms with Gasteiger partial charge in [0, 0.05) is 30.1 Å². The average molecular weight is 264 g/mol. The van der Waals surface area contributed by atoms with Crippen LogP contribution in [0.1, 0.15) is 24.6 Å². The summed E-state index contributed by atoms with van der Waals surface area (Å²) in [7, 11) is 0. The van der Waals surface area contributed by atoms with Crippen molar-refractivity contribution < 1.29 is 13.6 Å². The summed E-state index contributed by atoms with van der Waals surface area (Å²) in [6.45, 7) is 1.48. The number of aromatic amines is 1. The van der Waals surface area contributed by atoms with E-state index in [1.54, 1.807) is 0 Å². The first kappa shape index (κ1) is 12.1. The van der Waals surface area contributed by atoms with Gasteiger partial charge in [-0.15, -0.1) is 0 Å². The summed E-state index contributed by atoms with van der Waals surface area (Å²) < 4.78 is 27.0. The fraction of sp³-hybridized carbons (Fsp3) is 0.357. The summed E-state index contributed by atoms with van der Waals surface area (Å²) in [6, 6.07) is 2.27. The average Bonchev–Trinajstić information content (AvgIpc) is 2.67. The van der Waals surface area contributed by atoms with Gasteiger partial charge in [-0.05, 0) is 30.9 Å². The van der Waals surface area contributed by atoms with E-state index in [9.17, 15) is 13.6 Å². The molecule has 1 atom stereocenters. The molecule has 19 heavy (non-hydrogen) atoms. The molecule has 2 N–H and O–H groups in total. The second-order valence-electron chi connectivity index (χ2n) is 5.03. The number of hydrogen-bond acceptors (Lipinski definition) is 1. The summed E-state index contributed by atoms with van der Waals surface area (Å²) in [4.78, 5) is 14.1. The van der Waals surface area contributed by atoms with Gasteiger partial charge in [-0.25, -0.2) is 8.78 Å². The molecule has 3 nitrogen and oxygen atoms in total. The molecule has 0 fully saturated rings. The molecule has 100 valence electrons. The molecule has 0 radical (unpaired) electrons. The maximum absolute atomic E-state index is 13.7. The lowest BCUT2D eigenvalue weighted by molar-refractivity contribution is -0.119. The van der Waals surface area contributed by atoms with E-state index in [2.05, 4.69) is 10.3 Å². The molecule has 0 saturated carbocycles. The van der Waals surface area contributed by atoms with Crippen molar-refractivity contribution >= 4 is 16.8 Å². The van der Waals surface area contributed by atoms with Gasteiger partial charge in [-0.3, -0.25) is 4.79 Å². The van der Waals surface area contributed by atoms with Crippen molar-refractivity contribution in [2.75, 3.05) is 0 Å². The van der Waals surface area contributed by atoms with Crippen LogP contribution in [0.4, 0.5) is 8.78 Å². The number of nitrogens with one attached hydrogen (secondary N) is 2. The number of hydrogen-bond donors (Lipinski definition) is 2. The van der Waals surface area contributed by atoms with Crippen molar-refractivity contribution in [3.63, 3.8) is 0 Å². The van der Waals surface area contributed by atoms with Crippen LogP contribution >= 0.6 is 0 Å². The van der Waals surface area contributed by atoms with Gasteiger partial charge < -0.3 is 10.3 Å². The molecule has 1 unspecified atom stereocenters. The Morgan fingerprint density at radius 1 is 1.42 bits per heavy atom. The van der Waals surface area contributed by atoms with Gasteiger partial charge in [-0.2, -0.15) is 0 Å². The zero-order valence-electron chi connectivity index (χ0n) is 10.5. The van der Waals surface area contributed by atoms with Crippen molar-refractivity contribution in [3.05, 3.63) is 35.0 Å². The van der Waals surface area contributed by atoms with E-state index in [0.717, 1.165) is 30.2 Å². The molecule has 1 aliphatic rings. The Balaban J connectivity index is 2.05. The molecule has 0 aliphatic heterocycles. The Morgan fingerprint density at radius 2 is 2.21 bits per heavy atom. The van der Waals surface area contributed by atoms with E-state index in [0.29, 0.717) is 17.3 Å². The van der Waals surface area contributed by atoms with E-state index in [1.807, 2.05) is 0 Å². The molecule has 1 amide bonds. The Kier molecular flexibility index (Phi) is 2.77. The minimum absolute atomic E-state index is 0.0373. The van der Waals surface area contributed by atoms with Crippen LogP contribution in [0, 0.1) is 11.6 Å². The topological polar surface area (TPSA) is 44.9 Å². The number of aromatic nitrogens is 1. The highest BCUT2D eigenvalue weighted by atomic mass is 19.1. The first-order chi connectivity index (χ1) is 9.04. The van der Waals surface area contributed by atoms with E-state index in [1.165, 1.54) is 13.0 Å². The number of rotatable bonds is 1. The Bertz CT molecular complexity index is 663. The number of aryl methyl sites for hydroxylation is 1. The zero-order valence-corrected chi connectivity index (χ0v) is 10.5. The number of carbonyl (C=O) groups is 1. The molecule has 5 heteroatoms. The molecule has 0 saturated heterocycles. The van der Waals surface area contributed by atoms with Crippen LogP contribution in [0.15, 0.2) is 12.1 Å². The maximum atomic E-state index is 13.7. The summed E-state index contributed by atoms with van der Waals surface area (Å²) in [5.41, 5.74) is 2.22. The SMILES string of the molecule is CC(=O)NC1CCc2[nH]c3c(F)cc(F)cc3c2C1. The van der Waals surface area contributed by atoms with Crippen LogP contribution < -0.4 is 5.32 Å². The highest BCUT2D eigenvalue weighted by molar-refractivity contribution is 5.85. The summed E-state index contributed by atoms with van der Waals surface area (Å²) in [6.07, 6.45) is 2.15. The molecule has 0 spiro atoms. The normalized spacial score (nSPS) is 18.4. The van der Waals surface area contributed by atoms with Crippen molar-refractivity contribution in [1.82, 2.24) is 10.3 Å². The van der Waals surface area contributed by atoms with Crippen LogP contribution in [0.3, 0.4) is 0 Å². The molecular formula is C14H14F2N2O. The molecular weight excluding hydrogens is 250 g/mol. The predicted octanol–water partition coefficient (Wildman–Crippen LogP) is 2.44. The van der Waals surface area contributed by atoms with Gasteiger partial charge in [0.25, 0.3) is 0 Å². The Labute approximate surface area is 109 Å². The third kappa shape index (κ3) is 2.09. The minimum atomic E-state index is -0.576. The monoisotopic (exact) mass is 264 g/mol. The molecule has 1 heterocycles. The van der Waals surface area contributed by atoms with E-state index in [-0.39, 0.29) is 11.9 Å². The minimum Gasteiger partial charge on any atom is -0.356 e. The van der Waals surface area contributed by atoms with Gasteiger partial charge >= 0.3 is 0 Å². The number of halogens is 2. The summed E-state index contributed by atoms with van der Waals surface area (Å²) >= 11 is 0. The molecule has 1 aromatic heterocycles. The lowest BCUT2D eigenvalue weighted by atomic mass is 9.91. The smallest absolute Gasteiger partial charge is 0.217 e. The fourth-order valence-corrected chi connectivity index (χ4v) is 2.85. The van der Waals surface area contributed by atoms with Gasteiger partial charge in [0.15, 0.2) is 0 Å². The second kappa shape index (κ2) is 4.33. The van der Waals surface area contributed by atoms with Crippen molar-refractivity contribution in [3.8, 4) is 0 Å². The van der Waals surface area contributed by atoms with Gasteiger partial charge in [-0.1, -0.05) is 0 Å². The van der Waals surface area contributed by atoms with Gasteiger partial charge in [0.1, 0.15) is 11.6 Å². The highest BCUT2D eigenvalue weighted by Gasteiger charge is 2.24. The second-order valence-corrected chi connectivity index (χ2v) is 5.03. The summed E-state index contributed by atoms with van der Waals surface area (Å²) in [5.74, 6) is -1.22. The molecule has 1 aliphatic carbocycles.